The third kappa shape index (κ3) is 7.51. The van der Waals surface area contributed by atoms with Crippen molar-refractivity contribution >= 4 is 11.9 Å². The van der Waals surface area contributed by atoms with E-state index in [1.807, 2.05) is 13.8 Å². The predicted octanol–water partition coefficient (Wildman–Crippen LogP) is -1.26. The third-order valence-electron chi connectivity index (χ3n) is 1.48. The Labute approximate surface area is 82.8 Å². The second kappa shape index (κ2) is 7.28. The Morgan fingerprint density at radius 2 is 1.93 bits per heavy atom. The number of carboxylic acid groups (broad SMARTS) is 1. The molecule has 0 saturated heterocycles. The van der Waals surface area contributed by atoms with Crippen molar-refractivity contribution in [2.75, 3.05) is 6.54 Å². The first-order chi connectivity index (χ1) is 5.93. The fourth-order valence-corrected chi connectivity index (χ4v) is 0.909. The van der Waals surface area contributed by atoms with Crippen molar-refractivity contribution in [2.45, 2.75) is 26.3 Å². The quantitative estimate of drug-likeness (QED) is 0.519. The summed E-state index contributed by atoms with van der Waals surface area (Å²) < 4.78 is 0. The van der Waals surface area contributed by atoms with Gasteiger partial charge in [0.25, 0.3) is 0 Å². The highest BCUT2D eigenvalue weighted by Gasteiger charge is 2.14. The number of hydrogen-bond donors (Lipinski definition) is 3. The molecule has 0 spiro atoms. The van der Waals surface area contributed by atoms with Crippen LogP contribution in [0, 0.1) is 5.92 Å². The molecule has 0 aromatic carbocycles. The van der Waals surface area contributed by atoms with Crippen molar-refractivity contribution in [2.24, 2.45) is 11.7 Å². The zero-order chi connectivity index (χ0) is 10.4. The van der Waals surface area contributed by atoms with E-state index in [4.69, 9.17) is 10.8 Å². The van der Waals surface area contributed by atoms with Gasteiger partial charge in [-0.1, -0.05) is 13.8 Å². The molecule has 0 unspecified atom stereocenters. The second-order valence-corrected chi connectivity index (χ2v) is 3.35. The van der Waals surface area contributed by atoms with E-state index in [1.165, 1.54) is 0 Å². The highest BCUT2D eigenvalue weighted by Crippen LogP contribution is 2.01. The van der Waals surface area contributed by atoms with Crippen molar-refractivity contribution in [3.05, 3.63) is 0 Å². The molecule has 0 aliphatic rings. The number of amides is 1. The molecule has 0 saturated carbocycles. The zero-order valence-corrected chi connectivity index (χ0v) is 8.41. The van der Waals surface area contributed by atoms with Crippen LogP contribution < -0.4 is 11.1 Å². The molecule has 6 nitrogen and oxygen atoms in total. The summed E-state index contributed by atoms with van der Waals surface area (Å²) in [6.07, 6.45) is 0.561. The number of nitrogens with one attached hydrogen (secondary N) is 1. The monoisotopic (exact) mass is 206 g/mol. The molecule has 84 valence electrons. The lowest BCUT2D eigenvalue weighted by Crippen LogP contribution is -2.43. The number of rotatable bonds is 5. The topological polar surface area (TPSA) is 124 Å². The minimum absolute atomic E-state index is 0. The fourth-order valence-electron chi connectivity index (χ4n) is 0.909. The summed E-state index contributed by atoms with van der Waals surface area (Å²) in [6, 6.07) is -0.612. The lowest BCUT2D eigenvalue weighted by Gasteiger charge is -2.12. The van der Waals surface area contributed by atoms with E-state index in [2.05, 4.69) is 5.32 Å². The molecule has 0 aromatic heterocycles. The molecule has 0 fully saturated rings. The van der Waals surface area contributed by atoms with Gasteiger partial charge in [-0.05, 0) is 12.3 Å². The SMILES string of the molecule is CC(C)C[C@@H](N)C(=O)NCC(=O)O.O. The fraction of sp³-hybridized carbons (Fsp3) is 0.750. The lowest BCUT2D eigenvalue weighted by molar-refractivity contribution is -0.138. The van der Waals surface area contributed by atoms with Gasteiger partial charge in [0, 0.05) is 0 Å². The van der Waals surface area contributed by atoms with E-state index < -0.39 is 17.9 Å². The summed E-state index contributed by atoms with van der Waals surface area (Å²) >= 11 is 0. The molecule has 6 N–H and O–H groups in total. The molecule has 0 heterocycles. The number of carbonyl (C=O) groups is 2. The van der Waals surface area contributed by atoms with Gasteiger partial charge in [-0.15, -0.1) is 0 Å². The van der Waals surface area contributed by atoms with E-state index in [0.717, 1.165) is 0 Å². The van der Waals surface area contributed by atoms with Crippen molar-refractivity contribution in [3.8, 4) is 0 Å². The van der Waals surface area contributed by atoms with E-state index in [9.17, 15) is 9.59 Å². The lowest BCUT2D eigenvalue weighted by atomic mass is 10.0. The average molecular weight is 206 g/mol. The largest absolute Gasteiger partial charge is 0.480 e. The molecule has 0 rings (SSSR count). The van der Waals surface area contributed by atoms with Crippen LogP contribution in [-0.2, 0) is 9.59 Å². The minimum Gasteiger partial charge on any atom is -0.480 e. The Morgan fingerprint density at radius 1 is 1.43 bits per heavy atom. The number of nitrogens with two attached hydrogens (primary N) is 1. The van der Waals surface area contributed by atoms with Gasteiger partial charge < -0.3 is 21.6 Å². The molecule has 0 bridgehead atoms. The summed E-state index contributed by atoms with van der Waals surface area (Å²) in [7, 11) is 0. The van der Waals surface area contributed by atoms with Gasteiger partial charge in [-0.2, -0.15) is 0 Å². The summed E-state index contributed by atoms with van der Waals surface area (Å²) in [5.74, 6) is -1.15. The van der Waals surface area contributed by atoms with Gasteiger partial charge in [0.2, 0.25) is 5.91 Å². The predicted molar refractivity (Wildman–Crippen MR) is 51.7 cm³/mol. The van der Waals surface area contributed by atoms with Crippen LogP contribution in [0.3, 0.4) is 0 Å². The summed E-state index contributed by atoms with van der Waals surface area (Å²) in [4.78, 5) is 21.2. The van der Waals surface area contributed by atoms with Crippen molar-refractivity contribution < 1.29 is 20.2 Å². The standard InChI is InChI=1S/C8H16N2O3.H2O/c1-5(2)3-6(9)8(13)10-4-7(11)12;/h5-6H,3-4,9H2,1-2H3,(H,10,13)(H,11,12);1H2/t6-;/m1./s1. The molecule has 14 heavy (non-hydrogen) atoms. The van der Waals surface area contributed by atoms with E-state index in [1.54, 1.807) is 0 Å². The van der Waals surface area contributed by atoms with Crippen LogP contribution in [0.1, 0.15) is 20.3 Å². The second-order valence-electron chi connectivity index (χ2n) is 3.35. The number of carboxylic acids is 1. The Balaban J connectivity index is 0. The number of carbonyl (C=O) groups excluding carboxylic acids is 1. The van der Waals surface area contributed by atoms with Gasteiger partial charge in [0.05, 0.1) is 6.04 Å². The van der Waals surface area contributed by atoms with Crippen LogP contribution in [0.4, 0.5) is 0 Å². The first kappa shape index (κ1) is 15.3. The molecule has 0 aromatic rings. The maximum atomic E-state index is 11.1. The molecule has 0 radical (unpaired) electrons. The van der Waals surface area contributed by atoms with Gasteiger partial charge in [0.15, 0.2) is 0 Å². The van der Waals surface area contributed by atoms with Crippen LogP contribution >= 0.6 is 0 Å². The normalized spacial score (nSPS) is 11.7. The van der Waals surface area contributed by atoms with Crippen molar-refractivity contribution in [1.29, 1.82) is 0 Å². The van der Waals surface area contributed by atoms with Gasteiger partial charge >= 0.3 is 5.97 Å². The molecule has 6 heteroatoms. The van der Waals surface area contributed by atoms with Crippen LogP contribution in [0.2, 0.25) is 0 Å². The Kier molecular flexibility index (Phi) is 7.98. The Bertz CT molecular complexity index is 194. The van der Waals surface area contributed by atoms with Gasteiger partial charge in [-0.25, -0.2) is 0 Å². The maximum Gasteiger partial charge on any atom is 0.322 e. The Morgan fingerprint density at radius 3 is 2.29 bits per heavy atom. The summed E-state index contributed by atoms with van der Waals surface area (Å²) in [6.45, 7) is 3.53. The molecule has 0 aliphatic carbocycles. The zero-order valence-electron chi connectivity index (χ0n) is 8.41. The summed E-state index contributed by atoms with van der Waals surface area (Å²) in [5.41, 5.74) is 5.50. The van der Waals surface area contributed by atoms with E-state index in [-0.39, 0.29) is 12.0 Å². The van der Waals surface area contributed by atoms with Crippen molar-refractivity contribution in [3.63, 3.8) is 0 Å². The van der Waals surface area contributed by atoms with Crippen LogP contribution in [0.15, 0.2) is 0 Å². The first-order valence-corrected chi connectivity index (χ1v) is 4.18. The maximum absolute atomic E-state index is 11.1. The summed E-state index contributed by atoms with van der Waals surface area (Å²) in [5, 5.41) is 10.5. The molecule has 1 amide bonds. The number of hydrogen-bond acceptors (Lipinski definition) is 3. The number of aliphatic carboxylic acids is 1. The minimum atomic E-state index is -1.06. The molecule has 0 aliphatic heterocycles. The molecular weight excluding hydrogens is 188 g/mol. The Hall–Kier alpha value is -1.14. The van der Waals surface area contributed by atoms with Crippen LogP contribution in [0.25, 0.3) is 0 Å². The van der Waals surface area contributed by atoms with E-state index >= 15 is 0 Å². The van der Waals surface area contributed by atoms with E-state index in [0.29, 0.717) is 12.3 Å². The van der Waals surface area contributed by atoms with Crippen LogP contribution in [0.5, 0.6) is 0 Å². The highest BCUT2D eigenvalue weighted by molar-refractivity contribution is 5.84. The van der Waals surface area contributed by atoms with Gasteiger partial charge in [-0.3, -0.25) is 9.59 Å². The molecule has 1 atom stereocenters. The average Bonchev–Trinajstić information content (AvgIpc) is 1.98. The third-order valence-corrected chi connectivity index (χ3v) is 1.48. The van der Waals surface area contributed by atoms with Gasteiger partial charge in [0.1, 0.15) is 6.54 Å². The van der Waals surface area contributed by atoms with Crippen LogP contribution in [-0.4, -0.2) is 35.0 Å². The molecular formula is C8H18N2O4. The smallest absolute Gasteiger partial charge is 0.322 e. The first-order valence-electron chi connectivity index (χ1n) is 4.18. The van der Waals surface area contributed by atoms with Crippen molar-refractivity contribution in [1.82, 2.24) is 5.32 Å². The highest BCUT2D eigenvalue weighted by atomic mass is 16.4.